The quantitative estimate of drug-likeness (QED) is 0.696. The molecule has 1 aliphatic carbocycles. The molecule has 1 saturated carbocycles. The predicted molar refractivity (Wildman–Crippen MR) is 109 cm³/mol. The third-order valence-electron chi connectivity index (χ3n) is 5.27. The summed E-state index contributed by atoms with van der Waals surface area (Å²) in [4.78, 5) is 12.2. The summed E-state index contributed by atoms with van der Waals surface area (Å²) in [6.45, 7) is 1.18. The molecule has 2 N–H and O–H groups in total. The zero-order chi connectivity index (χ0) is 20.0. The molecule has 2 amide bonds. The fourth-order valence-electron chi connectivity index (χ4n) is 3.34. The van der Waals surface area contributed by atoms with Crippen LogP contribution < -0.4 is 24.8 Å². The highest BCUT2D eigenvalue weighted by Gasteiger charge is 2.44. The molecule has 2 aromatic carbocycles. The van der Waals surface area contributed by atoms with Crippen LogP contribution in [0.2, 0.25) is 0 Å². The van der Waals surface area contributed by atoms with Gasteiger partial charge in [0.2, 0.25) is 0 Å². The van der Waals surface area contributed by atoms with Crippen LogP contribution in [0, 0.1) is 0 Å². The van der Waals surface area contributed by atoms with Gasteiger partial charge in [0.05, 0.1) is 21.3 Å². The molecule has 0 unspecified atom stereocenters. The molecule has 0 atom stereocenters. The van der Waals surface area contributed by atoms with E-state index in [1.165, 1.54) is 5.56 Å². The zero-order valence-electron chi connectivity index (χ0n) is 16.7. The lowest BCUT2D eigenvalue weighted by molar-refractivity contribution is 0.240. The van der Waals surface area contributed by atoms with Crippen molar-refractivity contribution in [2.45, 2.75) is 24.7 Å². The first-order valence-corrected chi connectivity index (χ1v) is 9.47. The molecule has 0 saturated heterocycles. The number of carbonyl (C=O) groups is 1. The van der Waals surface area contributed by atoms with E-state index in [9.17, 15) is 4.79 Å². The van der Waals surface area contributed by atoms with Crippen LogP contribution in [0.4, 0.5) is 4.79 Å². The van der Waals surface area contributed by atoms with Gasteiger partial charge in [-0.3, -0.25) is 0 Å². The van der Waals surface area contributed by atoms with Crippen LogP contribution in [0.3, 0.4) is 0 Å². The number of ether oxygens (including phenoxy) is 3. The minimum Gasteiger partial charge on any atom is -0.497 e. The molecule has 6 nitrogen and oxygen atoms in total. The molecule has 0 aromatic heterocycles. The van der Waals surface area contributed by atoms with Crippen LogP contribution in [0.5, 0.6) is 17.2 Å². The van der Waals surface area contributed by atoms with Crippen LogP contribution >= 0.6 is 0 Å². The number of hydrogen-bond donors (Lipinski definition) is 2. The van der Waals surface area contributed by atoms with E-state index in [2.05, 4.69) is 16.7 Å². The summed E-state index contributed by atoms with van der Waals surface area (Å²) in [5.74, 6) is 2.26. The van der Waals surface area contributed by atoms with Gasteiger partial charge in [-0.15, -0.1) is 0 Å². The van der Waals surface area contributed by atoms with Gasteiger partial charge in [0.15, 0.2) is 11.5 Å². The van der Waals surface area contributed by atoms with Gasteiger partial charge in [-0.1, -0.05) is 18.2 Å². The van der Waals surface area contributed by atoms with Gasteiger partial charge in [-0.2, -0.15) is 0 Å². The first kappa shape index (κ1) is 19.9. The molecule has 150 valence electrons. The maximum absolute atomic E-state index is 12.2. The molecule has 0 heterocycles. The van der Waals surface area contributed by atoms with Gasteiger partial charge >= 0.3 is 6.03 Å². The van der Waals surface area contributed by atoms with Gasteiger partial charge in [0.25, 0.3) is 0 Å². The maximum atomic E-state index is 12.2. The molecule has 0 bridgehead atoms. The van der Waals surface area contributed by atoms with Gasteiger partial charge in [0.1, 0.15) is 5.75 Å². The van der Waals surface area contributed by atoms with Crippen molar-refractivity contribution in [1.82, 2.24) is 10.6 Å². The zero-order valence-corrected chi connectivity index (χ0v) is 16.7. The number of methoxy groups -OCH3 is 3. The van der Waals surface area contributed by atoms with E-state index < -0.39 is 0 Å². The highest BCUT2D eigenvalue weighted by atomic mass is 16.5. The monoisotopic (exact) mass is 384 g/mol. The van der Waals surface area contributed by atoms with E-state index >= 15 is 0 Å². The minimum atomic E-state index is -0.144. The Labute approximate surface area is 166 Å². The number of urea groups is 1. The van der Waals surface area contributed by atoms with Crippen molar-refractivity contribution < 1.29 is 19.0 Å². The van der Waals surface area contributed by atoms with Crippen LogP contribution in [-0.4, -0.2) is 40.5 Å². The first-order chi connectivity index (χ1) is 13.6. The number of amides is 2. The smallest absolute Gasteiger partial charge is 0.314 e. The number of rotatable bonds is 9. The number of nitrogens with one attached hydrogen (secondary N) is 2. The second kappa shape index (κ2) is 8.87. The van der Waals surface area contributed by atoms with Crippen molar-refractivity contribution in [2.75, 3.05) is 34.4 Å². The Morgan fingerprint density at radius 3 is 2.43 bits per heavy atom. The van der Waals surface area contributed by atoms with E-state index in [1.807, 2.05) is 36.4 Å². The Bertz CT molecular complexity index is 818. The van der Waals surface area contributed by atoms with Crippen LogP contribution in [-0.2, 0) is 11.8 Å². The molecular formula is C22H28N2O4. The highest BCUT2D eigenvalue weighted by molar-refractivity contribution is 5.74. The lowest BCUT2D eigenvalue weighted by Gasteiger charge is -2.19. The summed E-state index contributed by atoms with van der Waals surface area (Å²) in [7, 11) is 4.91. The molecule has 2 aromatic rings. The molecule has 1 fully saturated rings. The minimum absolute atomic E-state index is 0.0102. The lowest BCUT2D eigenvalue weighted by atomic mass is 9.95. The number of hydrogen-bond acceptors (Lipinski definition) is 4. The lowest BCUT2D eigenvalue weighted by Crippen LogP contribution is -2.40. The summed E-state index contributed by atoms with van der Waals surface area (Å²) in [5, 5.41) is 5.94. The molecule has 3 rings (SSSR count). The first-order valence-electron chi connectivity index (χ1n) is 9.47. The summed E-state index contributed by atoms with van der Waals surface area (Å²) < 4.78 is 15.9. The predicted octanol–water partition coefficient (Wildman–Crippen LogP) is 3.29. The van der Waals surface area contributed by atoms with Gasteiger partial charge in [-0.25, -0.2) is 4.79 Å². The van der Waals surface area contributed by atoms with Crippen molar-refractivity contribution in [2.24, 2.45) is 0 Å². The van der Waals surface area contributed by atoms with E-state index in [4.69, 9.17) is 14.2 Å². The third-order valence-corrected chi connectivity index (χ3v) is 5.27. The third kappa shape index (κ3) is 4.68. The largest absolute Gasteiger partial charge is 0.497 e. The molecule has 6 heteroatoms. The van der Waals surface area contributed by atoms with E-state index in [-0.39, 0.29) is 11.4 Å². The standard InChI is InChI=1S/C22H28N2O4/c1-26-18-6-4-5-16(13-18)9-12-23-21(25)24-15-22(10-11-22)17-7-8-19(27-2)20(14-17)28-3/h4-8,13-14H,9-12,15H2,1-3H3,(H2,23,24,25). The molecule has 1 aliphatic rings. The fraction of sp³-hybridized carbons (Fsp3) is 0.409. The van der Waals surface area contributed by atoms with E-state index in [0.29, 0.717) is 24.6 Å². The summed E-state index contributed by atoms with van der Waals surface area (Å²) in [5.41, 5.74) is 2.29. The molecule has 0 radical (unpaired) electrons. The van der Waals surface area contributed by atoms with Crippen molar-refractivity contribution in [3.63, 3.8) is 0 Å². The molecule has 28 heavy (non-hydrogen) atoms. The van der Waals surface area contributed by atoms with Crippen LogP contribution in [0.25, 0.3) is 0 Å². The molecule has 0 aliphatic heterocycles. The Morgan fingerprint density at radius 2 is 1.75 bits per heavy atom. The Hall–Kier alpha value is -2.89. The summed E-state index contributed by atoms with van der Waals surface area (Å²) in [6.07, 6.45) is 2.85. The maximum Gasteiger partial charge on any atom is 0.314 e. The molecule has 0 spiro atoms. The SMILES string of the molecule is COc1cccc(CCNC(=O)NCC2(c3ccc(OC)c(OC)c3)CC2)c1. The van der Waals surface area contributed by atoms with Crippen molar-refractivity contribution in [3.8, 4) is 17.2 Å². The van der Waals surface area contributed by atoms with Gasteiger partial charge in [0, 0.05) is 18.5 Å². The number of carbonyl (C=O) groups excluding carboxylic acids is 1. The van der Waals surface area contributed by atoms with Crippen molar-refractivity contribution in [1.29, 1.82) is 0 Å². The molecular weight excluding hydrogens is 356 g/mol. The fourth-order valence-corrected chi connectivity index (χ4v) is 3.34. The highest BCUT2D eigenvalue weighted by Crippen LogP contribution is 2.49. The van der Waals surface area contributed by atoms with Gasteiger partial charge in [-0.05, 0) is 54.7 Å². The number of benzene rings is 2. The Balaban J connectivity index is 1.49. The van der Waals surface area contributed by atoms with E-state index in [0.717, 1.165) is 30.6 Å². The van der Waals surface area contributed by atoms with Crippen molar-refractivity contribution in [3.05, 3.63) is 53.6 Å². The van der Waals surface area contributed by atoms with Crippen LogP contribution in [0.1, 0.15) is 24.0 Å². The second-order valence-electron chi connectivity index (χ2n) is 7.06. The average molecular weight is 384 g/mol. The summed E-state index contributed by atoms with van der Waals surface area (Å²) >= 11 is 0. The Kier molecular flexibility index (Phi) is 6.29. The van der Waals surface area contributed by atoms with Crippen LogP contribution in [0.15, 0.2) is 42.5 Å². The topological polar surface area (TPSA) is 68.8 Å². The Morgan fingerprint density at radius 1 is 0.964 bits per heavy atom. The van der Waals surface area contributed by atoms with Crippen molar-refractivity contribution >= 4 is 6.03 Å². The normalized spacial score (nSPS) is 14.1. The average Bonchev–Trinajstić information content (AvgIpc) is 3.53. The summed E-state index contributed by atoms with van der Waals surface area (Å²) in [6, 6.07) is 13.7. The second-order valence-corrected chi connectivity index (χ2v) is 7.06. The van der Waals surface area contributed by atoms with Gasteiger partial charge < -0.3 is 24.8 Å². The van der Waals surface area contributed by atoms with E-state index in [1.54, 1.807) is 21.3 Å².